The van der Waals surface area contributed by atoms with Crippen molar-refractivity contribution in [3.8, 4) is 0 Å². The third-order valence-electron chi connectivity index (χ3n) is 4.96. The molecule has 0 radical (unpaired) electrons. The van der Waals surface area contributed by atoms with Gasteiger partial charge in [-0.25, -0.2) is 0 Å². The maximum atomic E-state index is 12.8. The highest BCUT2D eigenvalue weighted by Gasteiger charge is 2.21. The molecule has 0 bridgehead atoms. The van der Waals surface area contributed by atoms with E-state index in [0.29, 0.717) is 29.3 Å². The number of benzene rings is 2. The van der Waals surface area contributed by atoms with Gasteiger partial charge in [-0.2, -0.15) is 0 Å². The molecule has 0 unspecified atom stereocenters. The van der Waals surface area contributed by atoms with Gasteiger partial charge in [-0.3, -0.25) is 19.7 Å². The van der Waals surface area contributed by atoms with Crippen LogP contribution in [0.25, 0.3) is 0 Å². The third-order valence-corrected chi connectivity index (χ3v) is 4.96. The number of rotatable bonds is 7. The van der Waals surface area contributed by atoms with Crippen LogP contribution in [-0.2, 0) is 0 Å². The first-order chi connectivity index (χ1) is 14.3. The normalized spacial score (nSPS) is 13.4. The van der Waals surface area contributed by atoms with Crippen LogP contribution in [0.4, 0.5) is 17.1 Å². The molecular weight excluding hydrogens is 384 g/mol. The predicted molar refractivity (Wildman–Crippen MR) is 116 cm³/mol. The van der Waals surface area contributed by atoms with Gasteiger partial charge >= 0.3 is 0 Å². The number of nitro benzene ring substituents is 1. The van der Waals surface area contributed by atoms with Gasteiger partial charge in [0.05, 0.1) is 10.5 Å². The second kappa shape index (κ2) is 9.39. The fraction of sp³-hybridized carbons (Fsp3) is 0.364. The van der Waals surface area contributed by atoms with Gasteiger partial charge in [-0.15, -0.1) is 0 Å². The Hall–Kier alpha value is -3.42. The molecule has 8 heteroatoms. The van der Waals surface area contributed by atoms with E-state index in [1.54, 1.807) is 12.1 Å². The summed E-state index contributed by atoms with van der Waals surface area (Å²) in [5.41, 5.74) is 2.11. The molecule has 2 aromatic carbocycles. The Labute approximate surface area is 175 Å². The van der Waals surface area contributed by atoms with Crippen molar-refractivity contribution in [2.24, 2.45) is 5.92 Å². The first-order valence-corrected chi connectivity index (χ1v) is 10.1. The van der Waals surface area contributed by atoms with Crippen molar-refractivity contribution in [3.05, 3.63) is 63.7 Å². The van der Waals surface area contributed by atoms with Crippen molar-refractivity contribution in [1.82, 2.24) is 5.32 Å². The van der Waals surface area contributed by atoms with Gasteiger partial charge in [-0.1, -0.05) is 13.8 Å². The Morgan fingerprint density at radius 2 is 1.73 bits per heavy atom. The average molecular weight is 410 g/mol. The van der Waals surface area contributed by atoms with E-state index in [-0.39, 0.29) is 11.6 Å². The molecule has 2 amide bonds. The molecule has 1 aliphatic heterocycles. The van der Waals surface area contributed by atoms with Crippen LogP contribution in [0.15, 0.2) is 42.5 Å². The first-order valence-electron chi connectivity index (χ1n) is 10.1. The smallest absolute Gasteiger partial charge is 0.269 e. The number of non-ortho nitro benzene ring substituents is 1. The Bertz CT molecular complexity index is 935. The Balaban J connectivity index is 1.82. The van der Waals surface area contributed by atoms with Crippen LogP contribution in [0.1, 0.15) is 47.4 Å². The molecule has 8 nitrogen and oxygen atoms in total. The molecule has 1 heterocycles. The fourth-order valence-electron chi connectivity index (χ4n) is 3.36. The van der Waals surface area contributed by atoms with Crippen LogP contribution in [0.3, 0.4) is 0 Å². The zero-order valence-electron chi connectivity index (χ0n) is 17.2. The summed E-state index contributed by atoms with van der Waals surface area (Å²) in [7, 11) is 0. The minimum Gasteiger partial charge on any atom is -0.371 e. The molecule has 1 fully saturated rings. The van der Waals surface area contributed by atoms with Crippen LogP contribution in [0, 0.1) is 16.0 Å². The molecule has 0 aliphatic carbocycles. The molecule has 1 aliphatic rings. The van der Waals surface area contributed by atoms with Crippen LogP contribution < -0.4 is 15.5 Å². The molecule has 0 spiro atoms. The van der Waals surface area contributed by atoms with Gasteiger partial charge in [0.25, 0.3) is 17.5 Å². The van der Waals surface area contributed by atoms with Crippen molar-refractivity contribution in [3.63, 3.8) is 0 Å². The molecule has 3 rings (SSSR count). The summed E-state index contributed by atoms with van der Waals surface area (Å²) in [4.78, 5) is 37.8. The summed E-state index contributed by atoms with van der Waals surface area (Å²) in [6, 6.07) is 10.7. The van der Waals surface area contributed by atoms with E-state index in [2.05, 4.69) is 15.5 Å². The van der Waals surface area contributed by atoms with Gasteiger partial charge in [-0.05, 0) is 49.1 Å². The van der Waals surface area contributed by atoms with Crippen molar-refractivity contribution >= 4 is 28.9 Å². The summed E-state index contributed by atoms with van der Waals surface area (Å²) < 4.78 is 0. The van der Waals surface area contributed by atoms with E-state index >= 15 is 0 Å². The fourth-order valence-corrected chi connectivity index (χ4v) is 3.36. The monoisotopic (exact) mass is 410 g/mol. The lowest BCUT2D eigenvalue weighted by molar-refractivity contribution is -0.384. The van der Waals surface area contributed by atoms with E-state index in [1.807, 2.05) is 19.9 Å². The van der Waals surface area contributed by atoms with Gasteiger partial charge in [0.1, 0.15) is 0 Å². The van der Waals surface area contributed by atoms with Crippen LogP contribution in [0.5, 0.6) is 0 Å². The van der Waals surface area contributed by atoms with Gasteiger partial charge < -0.3 is 15.5 Å². The van der Waals surface area contributed by atoms with Crippen molar-refractivity contribution in [2.75, 3.05) is 29.9 Å². The quantitative estimate of drug-likeness (QED) is 0.533. The molecule has 2 N–H and O–H groups in total. The minimum absolute atomic E-state index is 0.0781. The summed E-state index contributed by atoms with van der Waals surface area (Å²) in [6.45, 7) is 6.43. The predicted octanol–water partition coefficient (Wildman–Crippen LogP) is 3.83. The summed E-state index contributed by atoms with van der Waals surface area (Å²) in [5, 5.41) is 16.5. The van der Waals surface area contributed by atoms with E-state index in [9.17, 15) is 19.7 Å². The number of nitro groups is 1. The summed E-state index contributed by atoms with van der Waals surface area (Å²) >= 11 is 0. The summed E-state index contributed by atoms with van der Waals surface area (Å²) in [6.07, 6.45) is 2.18. The molecule has 1 saturated heterocycles. The Morgan fingerprint density at radius 1 is 1.07 bits per heavy atom. The number of hydrogen-bond acceptors (Lipinski definition) is 5. The highest BCUT2D eigenvalue weighted by molar-refractivity contribution is 6.06. The lowest BCUT2D eigenvalue weighted by Gasteiger charge is -2.22. The van der Waals surface area contributed by atoms with Gasteiger partial charge in [0, 0.05) is 48.7 Å². The van der Waals surface area contributed by atoms with Gasteiger partial charge in [0.15, 0.2) is 0 Å². The SMILES string of the molecule is CC(C)CNC(=O)c1cc(NC(=O)c2ccc([N+](=O)[O-])cc2)ccc1N1CCCC1. The number of carbonyl (C=O) groups is 2. The first kappa shape index (κ1) is 21.3. The Kier molecular flexibility index (Phi) is 6.66. The maximum absolute atomic E-state index is 12.8. The van der Waals surface area contributed by atoms with E-state index in [0.717, 1.165) is 31.6 Å². The number of carbonyl (C=O) groups excluding carboxylic acids is 2. The molecule has 158 valence electrons. The lowest BCUT2D eigenvalue weighted by atomic mass is 10.1. The molecule has 0 aromatic heterocycles. The standard InChI is InChI=1S/C22H26N4O4/c1-15(2)14-23-22(28)19-13-17(7-10-20(19)25-11-3-4-12-25)24-21(27)16-5-8-18(9-6-16)26(29)30/h5-10,13,15H,3-4,11-12,14H2,1-2H3,(H,23,28)(H,24,27). The van der Waals surface area contributed by atoms with Crippen LogP contribution in [-0.4, -0.2) is 36.4 Å². The van der Waals surface area contributed by atoms with E-state index < -0.39 is 10.8 Å². The topological polar surface area (TPSA) is 105 Å². The maximum Gasteiger partial charge on any atom is 0.269 e. The van der Waals surface area contributed by atoms with Crippen molar-refractivity contribution < 1.29 is 14.5 Å². The van der Waals surface area contributed by atoms with Crippen LogP contribution in [0.2, 0.25) is 0 Å². The van der Waals surface area contributed by atoms with Gasteiger partial charge in [0.2, 0.25) is 0 Å². The largest absolute Gasteiger partial charge is 0.371 e. The zero-order valence-corrected chi connectivity index (χ0v) is 17.2. The second-order valence-electron chi connectivity index (χ2n) is 7.79. The zero-order chi connectivity index (χ0) is 21.7. The summed E-state index contributed by atoms with van der Waals surface area (Å²) in [5.74, 6) is -0.237. The third kappa shape index (κ3) is 5.14. The second-order valence-corrected chi connectivity index (χ2v) is 7.79. The highest BCUT2D eigenvalue weighted by Crippen LogP contribution is 2.28. The van der Waals surface area contributed by atoms with Crippen molar-refractivity contribution in [1.29, 1.82) is 0 Å². The average Bonchev–Trinajstić information content (AvgIpc) is 3.26. The Morgan fingerprint density at radius 3 is 2.33 bits per heavy atom. The highest BCUT2D eigenvalue weighted by atomic mass is 16.6. The molecule has 2 aromatic rings. The molecular formula is C22H26N4O4. The molecule has 0 saturated carbocycles. The number of nitrogens with zero attached hydrogens (tertiary/aromatic N) is 2. The van der Waals surface area contributed by atoms with E-state index in [1.165, 1.54) is 24.3 Å². The number of hydrogen-bond donors (Lipinski definition) is 2. The lowest BCUT2D eigenvalue weighted by Crippen LogP contribution is -2.30. The van der Waals surface area contributed by atoms with Crippen molar-refractivity contribution in [2.45, 2.75) is 26.7 Å². The molecule has 30 heavy (non-hydrogen) atoms. The number of anilines is 2. The van der Waals surface area contributed by atoms with E-state index in [4.69, 9.17) is 0 Å². The van der Waals surface area contributed by atoms with Crippen LogP contribution >= 0.6 is 0 Å². The minimum atomic E-state index is -0.513. The number of amides is 2. The molecule has 0 atom stereocenters. The number of nitrogens with one attached hydrogen (secondary N) is 2.